The second-order valence-corrected chi connectivity index (χ2v) is 12.0. The molecule has 7 heteroatoms. The van der Waals surface area contributed by atoms with Crippen LogP contribution in [0, 0.1) is 22.7 Å². The van der Waals surface area contributed by atoms with E-state index in [1.807, 2.05) is 31.2 Å². The molecule has 0 saturated heterocycles. The second-order valence-electron chi connectivity index (χ2n) is 10.0. The van der Waals surface area contributed by atoms with Crippen molar-refractivity contribution in [2.75, 3.05) is 6.61 Å². The van der Waals surface area contributed by atoms with E-state index in [9.17, 15) is 5.26 Å². The van der Waals surface area contributed by atoms with Gasteiger partial charge in [-0.1, -0.05) is 50.0 Å². The van der Waals surface area contributed by atoms with Gasteiger partial charge in [-0.2, -0.15) is 5.26 Å². The SMILES string of the molecule is CCOc1cc(C=Nc2sc3c(c2C#N)CC[C@@H](C(C)(C)C)C3)ccc1OCc1ccc(Cl)cc1Cl. The predicted molar refractivity (Wildman–Crippen MR) is 150 cm³/mol. The van der Waals surface area contributed by atoms with E-state index in [2.05, 4.69) is 26.8 Å². The lowest BCUT2D eigenvalue weighted by molar-refractivity contribution is 0.218. The largest absolute Gasteiger partial charge is 0.490 e. The zero-order valence-electron chi connectivity index (χ0n) is 21.0. The fraction of sp³-hybridized carbons (Fsp3) is 0.379. The van der Waals surface area contributed by atoms with Crippen molar-refractivity contribution in [3.05, 3.63) is 73.6 Å². The third-order valence-corrected chi connectivity index (χ3v) is 8.33. The van der Waals surface area contributed by atoms with Gasteiger partial charge in [0.05, 0.1) is 12.2 Å². The first-order valence-corrected chi connectivity index (χ1v) is 13.7. The van der Waals surface area contributed by atoms with E-state index in [0.29, 0.717) is 40.7 Å². The minimum absolute atomic E-state index is 0.260. The topological polar surface area (TPSA) is 54.6 Å². The van der Waals surface area contributed by atoms with Crippen molar-refractivity contribution in [2.45, 2.75) is 53.6 Å². The lowest BCUT2D eigenvalue weighted by Crippen LogP contribution is -2.26. The highest BCUT2D eigenvalue weighted by Crippen LogP contribution is 2.45. The third-order valence-electron chi connectivity index (χ3n) is 6.58. The molecule has 3 aromatic rings. The number of hydrogen-bond donors (Lipinski definition) is 0. The monoisotopic (exact) mass is 540 g/mol. The Balaban J connectivity index is 1.54. The molecule has 0 bridgehead atoms. The number of rotatable bonds is 7. The maximum Gasteiger partial charge on any atom is 0.161 e. The van der Waals surface area contributed by atoms with Gasteiger partial charge in [0.1, 0.15) is 17.7 Å². The highest BCUT2D eigenvalue weighted by Gasteiger charge is 2.32. The Labute approximate surface area is 227 Å². The molecule has 188 valence electrons. The van der Waals surface area contributed by atoms with Crippen molar-refractivity contribution in [3.63, 3.8) is 0 Å². The summed E-state index contributed by atoms with van der Waals surface area (Å²) in [5.41, 5.74) is 3.89. The third kappa shape index (κ3) is 6.06. The maximum absolute atomic E-state index is 9.85. The number of nitriles is 1. The first kappa shape index (κ1) is 26.5. The van der Waals surface area contributed by atoms with E-state index >= 15 is 0 Å². The van der Waals surface area contributed by atoms with Crippen LogP contribution in [0.25, 0.3) is 0 Å². The van der Waals surface area contributed by atoms with Crippen LogP contribution in [0.3, 0.4) is 0 Å². The summed E-state index contributed by atoms with van der Waals surface area (Å²) >= 11 is 13.9. The van der Waals surface area contributed by atoms with Crippen LogP contribution in [-0.2, 0) is 19.4 Å². The zero-order valence-corrected chi connectivity index (χ0v) is 23.4. The molecule has 0 saturated carbocycles. The molecule has 0 unspecified atom stereocenters. The van der Waals surface area contributed by atoms with Crippen LogP contribution in [0.1, 0.15) is 61.2 Å². The van der Waals surface area contributed by atoms with Crippen molar-refractivity contribution >= 4 is 45.8 Å². The summed E-state index contributed by atoms with van der Waals surface area (Å²) in [5, 5.41) is 11.8. The summed E-state index contributed by atoms with van der Waals surface area (Å²) in [6, 6.07) is 13.5. The zero-order chi connectivity index (χ0) is 25.9. The second kappa shape index (κ2) is 11.3. The molecular formula is C29H30Cl2N2O2S. The quantitative estimate of drug-likeness (QED) is 0.281. The smallest absolute Gasteiger partial charge is 0.161 e. The Bertz CT molecular complexity index is 1320. The molecule has 0 aliphatic heterocycles. The van der Waals surface area contributed by atoms with Crippen LogP contribution in [0.5, 0.6) is 11.5 Å². The van der Waals surface area contributed by atoms with Crippen LogP contribution in [0.4, 0.5) is 5.00 Å². The summed E-state index contributed by atoms with van der Waals surface area (Å²) < 4.78 is 11.8. The Morgan fingerprint density at radius 2 is 1.94 bits per heavy atom. The molecule has 0 fully saturated rings. The molecule has 1 aromatic heterocycles. The van der Waals surface area contributed by atoms with Crippen LogP contribution < -0.4 is 9.47 Å². The molecule has 4 rings (SSSR count). The molecule has 36 heavy (non-hydrogen) atoms. The van der Waals surface area contributed by atoms with Crippen LogP contribution in [0.2, 0.25) is 10.0 Å². The Hall–Kier alpha value is -2.52. The van der Waals surface area contributed by atoms with E-state index in [0.717, 1.165) is 41.0 Å². The maximum atomic E-state index is 9.85. The number of benzene rings is 2. The predicted octanol–water partition coefficient (Wildman–Crippen LogP) is 8.81. The fourth-order valence-corrected chi connectivity index (χ4v) is 6.12. The molecule has 1 atom stereocenters. The fourth-order valence-electron chi connectivity index (χ4n) is 4.44. The van der Waals surface area contributed by atoms with Gasteiger partial charge in [-0.05, 0) is 79.0 Å². The van der Waals surface area contributed by atoms with Crippen LogP contribution in [-0.4, -0.2) is 12.8 Å². The van der Waals surface area contributed by atoms with Crippen LogP contribution in [0.15, 0.2) is 41.4 Å². The number of thiophene rings is 1. The van der Waals surface area contributed by atoms with Crippen molar-refractivity contribution in [1.29, 1.82) is 5.26 Å². The first-order chi connectivity index (χ1) is 17.2. The first-order valence-electron chi connectivity index (χ1n) is 12.1. The summed E-state index contributed by atoms with van der Waals surface area (Å²) in [5.74, 6) is 1.87. The number of ether oxygens (including phenoxy) is 2. The average molecular weight is 542 g/mol. The lowest BCUT2D eigenvalue weighted by Gasteiger charge is -2.33. The normalized spacial score (nSPS) is 15.5. The van der Waals surface area contributed by atoms with E-state index in [4.69, 9.17) is 37.7 Å². The number of halogens is 2. The number of fused-ring (bicyclic) bond motifs is 1. The van der Waals surface area contributed by atoms with Crippen molar-refractivity contribution in [2.24, 2.45) is 16.3 Å². The average Bonchev–Trinajstić information content (AvgIpc) is 3.19. The molecule has 0 radical (unpaired) electrons. The Kier molecular flexibility index (Phi) is 8.30. The van der Waals surface area contributed by atoms with Gasteiger partial charge in [-0.3, -0.25) is 0 Å². The van der Waals surface area contributed by atoms with E-state index < -0.39 is 0 Å². The van der Waals surface area contributed by atoms with Crippen molar-refractivity contribution < 1.29 is 9.47 Å². The minimum atomic E-state index is 0.260. The van der Waals surface area contributed by atoms with Gasteiger partial charge in [-0.25, -0.2) is 4.99 Å². The van der Waals surface area contributed by atoms with Gasteiger partial charge < -0.3 is 9.47 Å². The summed E-state index contributed by atoms with van der Waals surface area (Å²) in [6.07, 6.45) is 4.88. The van der Waals surface area contributed by atoms with E-state index in [1.165, 1.54) is 10.4 Å². The number of hydrogen-bond acceptors (Lipinski definition) is 5. The van der Waals surface area contributed by atoms with Gasteiger partial charge in [0.15, 0.2) is 11.5 Å². The number of nitrogens with zero attached hydrogens (tertiary/aromatic N) is 2. The van der Waals surface area contributed by atoms with Gasteiger partial charge in [0.2, 0.25) is 0 Å². The molecule has 0 amide bonds. The van der Waals surface area contributed by atoms with Gasteiger partial charge in [-0.15, -0.1) is 11.3 Å². The number of aliphatic imine (C=N–C) groups is 1. The van der Waals surface area contributed by atoms with Crippen molar-refractivity contribution in [1.82, 2.24) is 0 Å². The minimum Gasteiger partial charge on any atom is -0.490 e. The highest BCUT2D eigenvalue weighted by atomic mass is 35.5. The highest BCUT2D eigenvalue weighted by molar-refractivity contribution is 7.16. The van der Waals surface area contributed by atoms with E-state index in [-0.39, 0.29) is 5.41 Å². The summed E-state index contributed by atoms with van der Waals surface area (Å²) in [4.78, 5) is 6.04. The van der Waals surface area contributed by atoms with Gasteiger partial charge >= 0.3 is 0 Å². The summed E-state index contributed by atoms with van der Waals surface area (Å²) in [6.45, 7) is 9.63. The molecule has 0 N–H and O–H groups in total. The molecule has 4 nitrogen and oxygen atoms in total. The van der Waals surface area contributed by atoms with Gasteiger partial charge in [0, 0.05) is 26.7 Å². The van der Waals surface area contributed by atoms with E-state index in [1.54, 1.807) is 29.7 Å². The standard InChI is InChI=1S/C29H30Cl2N2O2S/c1-5-34-26-12-18(6-11-25(26)35-17-19-7-9-21(30)14-24(19)31)16-33-28-23(15-32)22-10-8-20(29(2,3)4)13-27(22)36-28/h6-7,9,11-12,14,16,20H,5,8,10,13,17H2,1-4H3/t20-/m1/s1. The molecular weight excluding hydrogens is 511 g/mol. The molecule has 1 aliphatic rings. The van der Waals surface area contributed by atoms with Crippen molar-refractivity contribution in [3.8, 4) is 17.6 Å². The Morgan fingerprint density at radius 3 is 2.64 bits per heavy atom. The molecule has 1 aliphatic carbocycles. The molecule has 1 heterocycles. The molecule has 0 spiro atoms. The van der Waals surface area contributed by atoms with Gasteiger partial charge in [0.25, 0.3) is 0 Å². The molecule has 2 aromatic carbocycles. The van der Waals surface area contributed by atoms with Crippen LogP contribution >= 0.6 is 34.5 Å². The Morgan fingerprint density at radius 1 is 1.14 bits per heavy atom. The lowest BCUT2D eigenvalue weighted by atomic mass is 9.72. The summed E-state index contributed by atoms with van der Waals surface area (Å²) in [7, 11) is 0.